The molecule has 88 valence electrons. The molecule has 6 heteroatoms. The lowest BCUT2D eigenvalue weighted by Crippen LogP contribution is -2.17. The molecule has 0 bridgehead atoms. The Balaban J connectivity index is 2.49. The minimum Gasteiger partial charge on any atom is -0.396 e. The van der Waals surface area contributed by atoms with E-state index in [9.17, 15) is 4.79 Å². The Hall–Kier alpha value is -1.14. The molecule has 0 saturated heterocycles. The lowest BCUT2D eigenvalue weighted by Gasteiger charge is -2.04. The third kappa shape index (κ3) is 4.59. The number of hydrogen-bond acceptors (Lipinski definition) is 5. The van der Waals surface area contributed by atoms with E-state index in [-0.39, 0.29) is 12.5 Å². The molecule has 0 atom stereocenters. The van der Waals surface area contributed by atoms with E-state index in [2.05, 4.69) is 15.3 Å². The third-order valence-corrected chi connectivity index (χ3v) is 2.64. The van der Waals surface area contributed by atoms with Gasteiger partial charge in [-0.05, 0) is 19.9 Å². The van der Waals surface area contributed by atoms with E-state index in [1.54, 1.807) is 0 Å². The van der Waals surface area contributed by atoms with Gasteiger partial charge in [0.1, 0.15) is 0 Å². The highest BCUT2D eigenvalue weighted by atomic mass is 32.2. The van der Waals surface area contributed by atoms with Crippen molar-refractivity contribution in [2.24, 2.45) is 0 Å². The van der Waals surface area contributed by atoms with Gasteiger partial charge >= 0.3 is 0 Å². The summed E-state index contributed by atoms with van der Waals surface area (Å²) in [7, 11) is 0. The summed E-state index contributed by atoms with van der Waals surface area (Å²) < 4.78 is 0. The molecular formula is C10H15N3O2S. The number of carbonyl (C=O) groups excluding carboxylic acids is 1. The average Bonchev–Trinajstić information content (AvgIpc) is 2.16. The molecule has 0 aliphatic heterocycles. The second-order valence-electron chi connectivity index (χ2n) is 3.30. The molecule has 0 saturated carbocycles. The van der Waals surface area contributed by atoms with Crippen LogP contribution in [-0.4, -0.2) is 39.1 Å². The monoisotopic (exact) mass is 241 g/mol. The van der Waals surface area contributed by atoms with E-state index >= 15 is 0 Å². The molecule has 16 heavy (non-hydrogen) atoms. The number of anilines is 1. The van der Waals surface area contributed by atoms with Crippen LogP contribution in [0.4, 0.5) is 5.95 Å². The number of rotatable bonds is 5. The Morgan fingerprint density at radius 2 is 2.06 bits per heavy atom. The molecule has 0 aliphatic rings. The van der Waals surface area contributed by atoms with Gasteiger partial charge in [-0.1, -0.05) is 0 Å². The number of hydrogen-bond donors (Lipinski definition) is 2. The van der Waals surface area contributed by atoms with Gasteiger partial charge in [0.25, 0.3) is 0 Å². The molecule has 0 aromatic carbocycles. The molecule has 0 spiro atoms. The fourth-order valence-corrected chi connectivity index (χ4v) is 1.70. The zero-order valence-electron chi connectivity index (χ0n) is 9.36. The highest BCUT2D eigenvalue weighted by Gasteiger charge is 2.05. The van der Waals surface area contributed by atoms with Crippen molar-refractivity contribution in [2.75, 3.05) is 23.4 Å². The Labute approximate surface area is 98.7 Å². The van der Waals surface area contributed by atoms with E-state index in [1.807, 2.05) is 19.9 Å². The van der Waals surface area contributed by atoms with Crippen molar-refractivity contribution in [2.45, 2.75) is 13.8 Å². The summed E-state index contributed by atoms with van der Waals surface area (Å²) in [5.41, 5.74) is 1.65. The highest BCUT2D eigenvalue weighted by molar-refractivity contribution is 7.99. The van der Waals surface area contributed by atoms with Gasteiger partial charge in [-0.15, -0.1) is 11.8 Å². The lowest BCUT2D eigenvalue weighted by atomic mass is 10.4. The molecule has 1 heterocycles. The molecule has 1 rings (SSSR count). The molecule has 2 N–H and O–H groups in total. The first-order valence-electron chi connectivity index (χ1n) is 4.92. The van der Waals surface area contributed by atoms with E-state index in [1.165, 1.54) is 11.8 Å². The number of aryl methyl sites for hydroxylation is 2. The summed E-state index contributed by atoms with van der Waals surface area (Å²) in [5, 5.41) is 11.2. The zero-order valence-corrected chi connectivity index (χ0v) is 10.2. The van der Waals surface area contributed by atoms with Crippen LogP contribution in [0.1, 0.15) is 11.4 Å². The van der Waals surface area contributed by atoms with Crippen LogP contribution in [0.2, 0.25) is 0 Å². The SMILES string of the molecule is Cc1cc(C)nc(NC(=O)CSCCO)n1. The van der Waals surface area contributed by atoms with E-state index in [0.717, 1.165) is 11.4 Å². The van der Waals surface area contributed by atoms with E-state index in [0.29, 0.717) is 17.5 Å². The second kappa shape index (κ2) is 6.44. The molecule has 0 radical (unpaired) electrons. The van der Waals surface area contributed by atoms with E-state index in [4.69, 9.17) is 5.11 Å². The minimum atomic E-state index is -0.150. The average molecular weight is 241 g/mol. The van der Waals surface area contributed by atoms with Gasteiger partial charge in [0, 0.05) is 17.1 Å². The molecule has 0 unspecified atom stereocenters. The van der Waals surface area contributed by atoms with Gasteiger partial charge < -0.3 is 5.11 Å². The Morgan fingerprint density at radius 1 is 1.44 bits per heavy atom. The number of aliphatic hydroxyl groups is 1. The van der Waals surface area contributed by atoms with Crippen LogP contribution in [0.3, 0.4) is 0 Å². The number of aliphatic hydroxyl groups excluding tert-OH is 1. The maximum absolute atomic E-state index is 11.4. The van der Waals surface area contributed by atoms with Crippen molar-refractivity contribution in [3.8, 4) is 0 Å². The summed E-state index contributed by atoms with van der Waals surface area (Å²) >= 11 is 1.37. The lowest BCUT2D eigenvalue weighted by molar-refractivity contribution is -0.113. The van der Waals surface area contributed by atoms with Gasteiger partial charge in [-0.2, -0.15) is 0 Å². The number of carbonyl (C=O) groups is 1. The molecule has 1 aromatic heterocycles. The first kappa shape index (κ1) is 12.9. The van der Waals surface area contributed by atoms with Crippen molar-refractivity contribution in [3.05, 3.63) is 17.5 Å². The van der Waals surface area contributed by atoms with Crippen LogP contribution in [0.25, 0.3) is 0 Å². The van der Waals surface area contributed by atoms with Crippen molar-refractivity contribution in [1.29, 1.82) is 0 Å². The highest BCUT2D eigenvalue weighted by Crippen LogP contribution is 2.05. The molecule has 5 nitrogen and oxygen atoms in total. The topological polar surface area (TPSA) is 75.1 Å². The quantitative estimate of drug-likeness (QED) is 0.744. The van der Waals surface area contributed by atoms with Crippen LogP contribution < -0.4 is 5.32 Å². The predicted molar refractivity (Wildman–Crippen MR) is 64.5 cm³/mol. The number of nitrogens with zero attached hydrogens (tertiary/aromatic N) is 2. The fourth-order valence-electron chi connectivity index (χ4n) is 1.17. The van der Waals surface area contributed by atoms with Gasteiger partial charge in [0.15, 0.2) is 0 Å². The van der Waals surface area contributed by atoms with Crippen LogP contribution in [0.15, 0.2) is 6.07 Å². The summed E-state index contributed by atoms with van der Waals surface area (Å²) in [4.78, 5) is 19.6. The second-order valence-corrected chi connectivity index (χ2v) is 4.40. The normalized spacial score (nSPS) is 10.2. The van der Waals surface area contributed by atoms with Crippen molar-refractivity contribution >= 4 is 23.6 Å². The first-order valence-corrected chi connectivity index (χ1v) is 6.08. The van der Waals surface area contributed by atoms with Crippen molar-refractivity contribution in [3.63, 3.8) is 0 Å². The predicted octanol–water partition coefficient (Wildman–Crippen LogP) is 0.757. The Morgan fingerprint density at radius 3 is 2.62 bits per heavy atom. The summed E-state index contributed by atoms with van der Waals surface area (Å²) in [6, 6.07) is 1.84. The number of aromatic nitrogens is 2. The number of thioether (sulfide) groups is 1. The molecule has 0 aliphatic carbocycles. The molecule has 0 fully saturated rings. The van der Waals surface area contributed by atoms with Crippen LogP contribution in [0, 0.1) is 13.8 Å². The molecule has 1 amide bonds. The molecular weight excluding hydrogens is 226 g/mol. The Bertz CT molecular complexity index is 351. The number of nitrogens with one attached hydrogen (secondary N) is 1. The summed E-state index contributed by atoms with van der Waals surface area (Å²) in [6.07, 6.45) is 0. The van der Waals surface area contributed by atoms with Gasteiger partial charge in [0.05, 0.1) is 12.4 Å². The summed E-state index contributed by atoms with van der Waals surface area (Å²) in [6.45, 7) is 3.79. The standard InChI is InChI=1S/C10H15N3O2S/c1-7-5-8(2)12-10(11-7)13-9(15)6-16-4-3-14/h5,14H,3-4,6H2,1-2H3,(H,11,12,13,15). The fraction of sp³-hybridized carbons (Fsp3) is 0.500. The van der Waals surface area contributed by atoms with E-state index < -0.39 is 0 Å². The number of amides is 1. The molecule has 1 aromatic rings. The van der Waals surface area contributed by atoms with Gasteiger partial charge in [0.2, 0.25) is 11.9 Å². The van der Waals surface area contributed by atoms with Gasteiger partial charge in [-0.25, -0.2) is 9.97 Å². The van der Waals surface area contributed by atoms with Gasteiger partial charge in [-0.3, -0.25) is 10.1 Å². The smallest absolute Gasteiger partial charge is 0.236 e. The summed E-state index contributed by atoms with van der Waals surface area (Å²) in [5.74, 6) is 1.05. The largest absolute Gasteiger partial charge is 0.396 e. The van der Waals surface area contributed by atoms with Crippen molar-refractivity contribution < 1.29 is 9.90 Å². The van der Waals surface area contributed by atoms with Crippen LogP contribution in [0.5, 0.6) is 0 Å². The van der Waals surface area contributed by atoms with Crippen LogP contribution >= 0.6 is 11.8 Å². The maximum atomic E-state index is 11.4. The zero-order chi connectivity index (χ0) is 12.0. The minimum absolute atomic E-state index is 0.0813. The maximum Gasteiger partial charge on any atom is 0.236 e. The Kier molecular flexibility index (Phi) is 5.21. The first-order chi connectivity index (χ1) is 7.61. The van der Waals surface area contributed by atoms with Crippen LogP contribution in [-0.2, 0) is 4.79 Å². The third-order valence-electron chi connectivity index (χ3n) is 1.70. The van der Waals surface area contributed by atoms with Crippen molar-refractivity contribution in [1.82, 2.24) is 9.97 Å².